The van der Waals surface area contributed by atoms with Crippen molar-refractivity contribution >= 4 is 5.91 Å². The van der Waals surface area contributed by atoms with Crippen LogP contribution in [-0.2, 0) is 11.2 Å². The number of carbonyl (C=O) groups excluding carboxylic acids is 1. The van der Waals surface area contributed by atoms with E-state index in [9.17, 15) is 9.18 Å². The van der Waals surface area contributed by atoms with Crippen LogP contribution in [0, 0.1) is 12.7 Å². The van der Waals surface area contributed by atoms with Crippen LogP contribution in [0.25, 0.3) is 0 Å². The van der Waals surface area contributed by atoms with Gasteiger partial charge in [-0.25, -0.2) is 4.39 Å². The second kappa shape index (κ2) is 6.17. The number of hydrogen-bond donors (Lipinski definition) is 0. The highest BCUT2D eigenvalue weighted by atomic mass is 19.1. The molecule has 25 heavy (non-hydrogen) atoms. The first-order valence-electron chi connectivity index (χ1n) is 8.84. The molecule has 0 radical (unpaired) electrons. The fourth-order valence-corrected chi connectivity index (χ4v) is 3.97. The number of likely N-dealkylation sites (tertiary alicyclic amines) is 1. The van der Waals surface area contributed by atoms with Crippen molar-refractivity contribution in [3.63, 3.8) is 0 Å². The quantitative estimate of drug-likeness (QED) is 0.832. The standard InChI is InChI=1S/C21H22FNO2/c1-13-6-8-15(9-7-13)17-10-14(2)23(12-17)21(24)19-11-16-4-3-5-18(22)20(16)25-19/h3-9,14,17,19H,10-12H2,1-2H3. The van der Waals surface area contributed by atoms with Gasteiger partial charge in [-0.05, 0) is 31.9 Å². The molecule has 2 aliphatic rings. The maximum atomic E-state index is 13.8. The van der Waals surface area contributed by atoms with Gasteiger partial charge < -0.3 is 9.64 Å². The molecule has 0 saturated carbocycles. The third-order valence-electron chi connectivity index (χ3n) is 5.40. The molecule has 2 aromatic rings. The summed E-state index contributed by atoms with van der Waals surface area (Å²) < 4.78 is 19.5. The molecule has 4 rings (SSSR count). The Balaban J connectivity index is 1.48. The number of para-hydroxylation sites is 1. The van der Waals surface area contributed by atoms with E-state index in [2.05, 4.69) is 38.1 Å². The molecule has 0 aromatic heterocycles. The van der Waals surface area contributed by atoms with Crippen LogP contribution >= 0.6 is 0 Å². The van der Waals surface area contributed by atoms with Crippen molar-refractivity contribution < 1.29 is 13.9 Å². The van der Waals surface area contributed by atoms with Gasteiger partial charge in [0.1, 0.15) is 0 Å². The van der Waals surface area contributed by atoms with E-state index < -0.39 is 6.10 Å². The molecule has 4 heteroatoms. The lowest BCUT2D eigenvalue weighted by Gasteiger charge is -2.24. The molecule has 130 valence electrons. The van der Waals surface area contributed by atoms with Crippen LogP contribution in [0.3, 0.4) is 0 Å². The van der Waals surface area contributed by atoms with Crippen LogP contribution in [0.15, 0.2) is 42.5 Å². The van der Waals surface area contributed by atoms with E-state index in [1.807, 2.05) is 11.0 Å². The van der Waals surface area contributed by atoms with Crippen molar-refractivity contribution in [3.8, 4) is 5.75 Å². The Morgan fingerprint density at radius 2 is 1.96 bits per heavy atom. The van der Waals surface area contributed by atoms with Crippen LogP contribution in [0.4, 0.5) is 4.39 Å². The van der Waals surface area contributed by atoms with E-state index in [4.69, 9.17) is 4.74 Å². The van der Waals surface area contributed by atoms with E-state index in [1.165, 1.54) is 17.2 Å². The van der Waals surface area contributed by atoms with E-state index >= 15 is 0 Å². The molecular weight excluding hydrogens is 317 g/mol. The molecule has 2 aliphatic heterocycles. The van der Waals surface area contributed by atoms with Gasteiger partial charge in [0.15, 0.2) is 17.7 Å². The van der Waals surface area contributed by atoms with Gasteiger partial charge in [-0.15, -0.1) is 0 Å². The number of benzene rings is 2. The SMILES string of the molecule is Cc1ccc(C2CC(C)N(C(=O)C3Cc4cccc(F)c4O3)C2)cc1. The van der Waals surface area contributed by atoms with Gasteiger partial charge in [-0.2, -0.15) is 0 Å². The van der Waals surface area contributed by atoms with Gasteiger partial charge in [0.25, 0.3) is 5.91 Å². The van der Waals surface area contributed by atoms with Crippen molar-refractivity contribution in [2.24, 2.45) is 0 Å². The maximum absolute atomic E-state index is 13.8. The maximum Gasteiger partial charge on any atom is 0.264 e. The van der Waals surface area contributed by atoms with E-state index in [1.54, 1.807) is 6.07 Å². The Labute approximate surface area is 147 Å². The van der Waals surface area contributed by atoms with Gasteiger partial charge in [0.05, 0.1) is 0 Å². The first-order valence-corrected chi connectivity index (χ1v) is 8.84. The number of nitrogens with zero attached hydrogens (tertiary/aromatic N) is 1. The summed E-state index contributed by atoms with van der Waals surface area (Å²) in [6, 6.07) is 13.6. The number of amides is 1. The van der Waals surface area contributed by atoms with Crippen molar-refractivity contribution in [1.82, 2.24) is 4.90 Å². The predicted molar refractivity (Wildman–Crippen MR) is 94.2 cm³/mol. The van der Waals surface area contributed by atoms with Crippen molar-refractivity contribution in [2.45, 2.75) is 44.8 Å². The molecule has 0 bridgehead atoms. The van der Waals surface area contributed by atoms with Crippen molar-refractivity contribution in [3.05, 3.63) is 65.0 Å². The number of halogens is 1. The second-order valence-corrected chi connectivity index (χ2v) is 7.22. The fraction of sp³-hybridized carbons (Fsp3) is 0.381. The largest absolute Gasteiger partial charge is 0.477 e. The number of ether oxygens (including phenoxy) is 1. The molecule has 0 aliphatic carbocycles. The Morgan fingerprint density at radius 3 is 2.68 bits per heavy atom. The lowest BCUT2D eigenvalue weighted by atomic mass is 9.96. The molecule has 3 atom stereocenters. The molecule has 2 aromatic carbocycles. The topological polar surface area (TPSA) is 29.5 Å². The number of carbonyl (C=O) groups is 1. The number of rotatable bonds is 2. The summed E-state index contributed by atoms with van der Waals surface area (Å²) in [6.07, 6.45) is 0.791. The third-order valence-corrected chi connectivity index (χ3v) is 5.40. The average Bonchev–Trinajstić information content (AvgIpc) is 3.20. The highest BCUT2D eigenvalue weighted by Gasteiger charge is 2.40. The highest BCUT2D eigenvalue weighted by molar-refractivity contribution is 5.83. The zero-order valence-corrected chi connectivity index (χ0v) is 14.5. The minimum atomic E-state index is -0.605. The Hall–Kier alpha value is -2.36. The van der Waals surface area contributed by atoms with Gasteiger partial charge in [-0.1, -0.05) is 42.0 Å². The zero-order valence-electron chi connectivity index (χ0n) is 14.5. The van der Waals surface area contributed by atoms with Crippen LogP contribution in [0.2, 0.25) is 0 Å². The van der Waals surface area contributed by atoms with Crippen LogP contribution in [-0.4, -0.2) is 29.5 Å². The summed E-state index contributed by atoms with van der Waals surface area (Å²) in [5, 5.41) is 0. The average molecular weight is 339 g/mol. The first kappa shape index (κ1) is 16.1. The zero-order chi connectivity index (χ0) is 17.6. The van der Waals surface area contributed by atoms with Gasteiger partial charge in [-0.3, -0.25) is 4.79 Å². The molecule has 1 saturated heterocycles. The molecule has 3 nitrogen and oxygen atoms in total. The Morgan fingerprint density at radius 1 is 1.20 bits per heavy atom. The smallest absolute Gasteiger partial charge is 0.264 e. The molecule has 3 unspecified atom stereocenters. The number of hydrogen-bond acceptors (Lipinski definition) is 2. The highest BCUT2D eigenvalue weighted by Crippen LogP contribution is 2.36. The van der Waals surface area contributed by atoms with Crippen LogP contribution < -0.4 is 4.74 Å². The Kier molecular flexibility index (Phi) is 3.98. The van der Waals surface area contributed by atoms with Crippen LogP contribution in [0.1, 0.15) is 36.0 Å². The lowest BCUT2D eigenvalue weighted by molar-refractivity contribution is -0.138. The molecule has 1 fully saturated rings. The van der Waals surface area contributed by atoms with Crippen molar-refractivity contribution in [2.75, 3.05) is 6.54 Å². The molecule has 0 N–H and O–H groups in total. The van der Waals surface area contributed by atoms with E-state index in [0.29, 0.717) is 18.9 Å². The summed E-state index contributed by atoms with van der Waals surface area (Å²) >= 11 is 0. The van der Waals surface area contributed by atoms with Gasteiger partial charge >= 0.3 is 0 Å². The summed E-state index contributed by atoms with van der Waals surface area (Å²) in [5.74, 6) is 0.167. The second-order valence-electron chi connectivity index (χ2n) is 7.22. The predicted octanol–water partition coefficient (Wildman–Crippen LogP) is 3.84. The summed E-state index contributed by atoms with van der Waals surface area (Å²) in [4.78, 5) is 14.8. The van der Waals surface area contributed by atoms with Crippen molar-refractivity contribution in [1.29, 1.82) is 0 Å². The van der Waals surface area contributed by atoms with Gasteiger partial charge in [0, 0.05) is 30.5 Å². The fourth-order valence-electron chi connectivity index (χ4n) is 3.97. The normalized spacial score (nSPS) is 24.9. The summed E-state index contributed by atoms with van der Waals surface area (Å²) in [7, 11) is 0. The number of aryl methyl sites for hydroxylation is 1. The molecular formula is C21H22FNO2. The lowest BCUT2D eigenvalue weighted by Crippen LogP contribution is -2.43. The minimum absolute atomic E-state index is 0.0299. The van der Waals surface area contributed by atoms with Gasteiger partial charge in [0.2, 0.25) is 0 Å². The van der Waals surface area contributed by atoms with E-state index in [-0.39, 0.29) is 23.5 Å². The summed E-state index contributed by atoms with van der Waals surface area (Å²) in [5.41, 5.74) is 3.29. The summed E-state index contributed by atoms with van der Waals surface area (Å²) in [6.45, 7) is 4.85. The van der Waals surface area contributed by atoms with Crippen LogP contribution in [0.5, 0.6) is 5.75 Å². The Bertz CT molecular complexity index is 802. The first-order chi connectivity index (χ1) is 12.0. The van der Waals surface area contributed by atoms with E-state index in [0.717, 1.165) is 12.0 Å². The third kappa shape index (κ3) is 2.90. The molecule has 2 heterocycles. The minimum Gasteiger partial charge on any atom is -0.477 e. The molecule has 0 spiro atoms. The monoisotopic (exact) mass is 339 g/mol. The molecule has 1 amide bonds. The number of fused-ring (bicyclic) bond motifs is 1.